The fourth-order valence-electron chi connectivity index (χ4n) is 2.49. The minimum Gasteiger partial charge on any atom is -0.465 e. The van der Waals surface area contributed by atoms with Crippen molar-refractivity contribution in [2.75, 3.05) is 35.8 Å². The van der Waals surface area contributed by atoms with Gasteiger partial charge in [0.25, 0.3) is 0 Å². The minimum absolute atomic E-state index is 0.288. The average Bonchev–Trinajstić information content (AvgIpc) is 2.66. The molecular formula is C19H22N2O5S2. The molecule has 0 fully saturated rings. The molecule has 1 N–H and O–H groups in total. The molecule has 0 aliphatic heterocycles. The van der Waals surface area contributed by atoms with E-state index in [1.165, 1.54) is 24.9 Å². The Morgan fingerprint density at radius 1 is 1.18 bits per heavy atom. The van der Waals surface area contributed by atoms with E-state index in [1.54, 1.807) is 37.3 Å². The van der Waals surface area contributed by atoms with Crippen LogP contribution < -0.4 is 9.62 Å². The van der Waals surface area contributed by atoms with Crippen LogP contribution in [0.4, 0.5) is 11.4 Å². The Bertz CT molecular complexity index is 990. The number of benzene rings is 2. The first-order valence-corrected chi connectivity index (χ1v) is 11.3. The van der Waals surface area contributed by atoms with Crippen LogP contribution in [-0.4, -0.2) is 46.5 Å². The molecule has 0 bridgehead atoms. The molecule has 7 nitrogen and oxygen atoms in total. The van der Waals surface area contributed by atoms with E-state index in [0.29, 0.717) is 11.4 Å². The molecule has 0 saturated carbocycles. The summed E-state index contributed by atoms with van der Waals surface area (Å²) >= 11 is 1.48. The third-order valence-electron chi connectivity index (χ3n) is 3.96. The van der Waals surface area contributed by atoms with Crippen LogP contribution in [0.3, 0.4) is 0 Å². The van der Waals surface area contributed by atoms with Gasteiger partial charge in [-0.1, -0.05) is 12.1 Å². The van der Waals surface area contributed by atoms with E-state index in [1.807, 2.05) is 12.3 Å². The Labute approximate surface area is 169 Å². The summed E-state index contributed by atoms with van der Waals surface area (Å²) in [5.74, 6) is -1.05. The number of carbonyl (C=O) groups is 2. The van der Waals surface area contributed by atoms with Crippen LogP contribution in [0.25, 0.3) is 0 Å². The van der Waals surface area contributed by atoms with Crippen LogP contribution in [0.2, 0.25) is 0 Å². The predicted molar refractivity (Wildman–Crippen MR) is 112 cm³/mol. The van der Waals surface area contributed by atoms with Gasteiger partial charge in [-0.05, 0) is 49.1 Å². The summed E-state index contributed by atoms with van der Waals surface area (Å²) in [5.41, 5.74) is 1.84. The van der Waals surface area contributed by atoms with Gasteiger partial charge in [-0.15, -0.1) is 11.8 Å². The van der Waals surface area contributed by atoms with Crippen LogP contribution >= 0.6 is 11.8 Å². The number of thioether (sulfide) groups is 1. The molecule has 2 aromatic carbocycles. The van der Waals surface area contributed by atoms with Gasteiger partial charge in [-0.25, -0.2) is 13.2 Å². The van der Waals surface area contributed by atoms with Crippen molar-refractivity contribution in [3.63, 3.8) is 0 Å². The second-order valence-electron chi connectivity index (χ2n) is 6.04. The van der Waals surface area contributed by atoms with E-state index in [2.05, 4.69) is 10.1 Å². The van der Waals surface area contributed by atoms with Gasteiger partial charge >= 0.3 is 5.97 Å². The van der Waals surface area contributed by atoms with Gasteiger partial charge in [0.15, 0.2) is 0 Å². The lowest BCUT2D eigenvalue weighted by Gasteiger charge is -2.22. The Morgan fingerprint density at radius 3 is 2.50 bits per heavy atom. The number of esters is 1. The summed E-state index contributed by atoms with van der Waals surface area (Å²) in [5, 5.41) is 2.67. The molecule has 1 amide bonds. The van der Waals surface area contributed by atoms with Crippen molar-refractivity contribution >= 4 is 45.0 Å². The number of ether oxygens (including phenoxy) is 1. The van der Waals surface area contributed by atoms with E-state index in [9.17, 15) is 18.0 Å². The molecular weight excluding hydrogens is 400 g/mol. The monoisotopic (exact) mass is 422 g/mol. The van der Waals surface area contributed by atoms with E-state index in [-0.39, 0.29) is 5.56 Å². The standard InChI is InChI=1S/C19H22N2O5S2/c1-13-8-9-14(19(23)26-2)10-17(13)20-18(22)12-21(28(4,24)25)15-6-5-7-16(11-15)27-3/h5-11H,12H2,1-4H3,(H,20,22). The van der Waals surface area contributed by atoms with Crippen LogP contribution in [0, 0.1) is 6.92 Å². The van der Waals surface area contributed by atoms with Gasteiger partial charge in [0.2, 0.25) is 15.9 Å². The van der Waals surface area contributed by atoms with Gasteiger partial charge in [0.1, 0.15) is 6.54 Å². The number of anilines is 2. The maximum Gasteiger partial charge on any atom is 0.337 e. The van der Waals surface area contributed by atoms with E-state index < -0.39 is 28.4 Å². The van der Waals surface area contributed by atoms with Gasteiger partial charge in [0.05, 0.1) is 24.6 Å². The zero-order chi connectivity index (χ0) is 20.9. The lowest BCUT2D eigenvalue weighted by molar-refractivity contribution is -0.114. The lowest BCUT2D eigenvalue weighted by atomic mass is 10.1. The molecule has 28 heavy (non-hydrogen) atoms. The highest BCUT2D eigenvalue weighted by molar-refractivity contribution is 7.98. The van der Waals surface area contributed by atoms with Gasteiger partial charge < -0.3 is 10.1 Å². The number of rotatable bonds is 7. The average molecular weight is 423 g/mol. The Morgan fingerprint density at radius 2 is 1.89 bits per heavy atom. The maximum atomic E-state index is 12.6. The van der Waals surface area contributed by atoms with Crippen molar-refractivity contribution in [1.29, 1.82) is 0 Å². The molecule has 0 aromatic heterocycles. The van der Waals surface area contributed by atoms with Crippen LogP contribution in [0.15, 0.2) is 47.4 Å². The van der Waals surface area contributed by atoms with Crippen molar-refractivity contribution in [2.24, 2.45) is 0 Å². The summed E-state index contributed by atoms with van der Waals surface area (Å²) in [7, 11) is -2.41. The second kappa shape index (κ2) is 9.11. The molecule has 2 aromatic rings. The topological polar surface area (TPSA) is 92.8 Å². The van der Waals surface area contributed by atoms with Crippen molar-refractivity contribution in [3.05, 3.63) is 53.6 Å². The highest BCUT2D eigenvalue weighted by atomic mass is 32.2. The number of hydrogen-bond acceptors (Lipinski definition) is 6. The number of methoxy groups -OCH3 is 1. The molecule has 0 aliphatic rings. The third kappa shape index (κ3) is 5.49. The summed E-state index contributed by atoms with van der Waals surface area (Å²) in [6.07, 6.45) is 2.93. The zero-order valence-corrected chi connectivity index (χ0v) is 17.7. The smallest absolute Gasteiger partial charge is 0.337 e. The molecule has 2 rings (SSSR count). The summed E-state index contributed by atoms with van der Waals surface area (Å²) in [4.78, 5) is 25.1. The van der Waals surface area contributed by atoms with Crippen LogP contribution in [0.5, 0.6) is 0 Å². The number of sulfonamides is 1. The zero-order valence-electron chi connectivity index (χ0n) is 16.1. The molecule has 150 valence electrons. The number of nitrogens with zero attached hydrogens (tertiary/aromatic N) is 1. The largest absolute Gasteiger partial charge is 0.465 e. The number of nitrogens with one attached hydrogen (secondary N) is 1. The van der Waals surface area contributed by atoms with Crippen LogP contribution in [0.1, 0.15) is 15.9 Å². The Balaban J connectivity index is 2.27. The molecule has 0 heterocycles. The van der Waals surface area contributed by atoms with Crippen molar-refractivity contribution in [1.82, 2.24) is 0 Å². The molecule has 0 spiro atoms. The van der Waals surface area contributed by atoms with E-state index in [4.69, 9.17) is 0 Å². The van der Waals surface area contributed by atoms with E-state index in [0.717, 1.165) is 21.0 Å². The minimum atomic E-state index is -3.68. The maximum absolute atomic E-state index is 12.6. The number of carbonyl (C=O) groups excluding carboxylic acids is 2. The lowest BCUT2D eigenvalue weighted by Crippen LogP contribution is -2.37. The first kappa shape index (κ1) is 21.8. The van der Waals surface area contributed by atoms with Crippen LogP contribution in [-0.2, 0) is 19.6 Å². The first-order chi connectivity index (χ1) is 13.2. The summed E-state index contributed by atoms with van der Waals surface area (Å²) < 4.78 is 30.2. The predicted octanol–water partition coefficient (Wildman–Crippen LogP) is 2.91. The molecule has 0 saturated heterocycles. The summed E-state index contributed by atoms with van der Waals surface area (Å²) in [6, 6.07) is 11.7. The van der Waals surface area contributed by atoms with Crippen molar-refractivity contribution in [2.45, 2.75) is 11.8 Å². The van der Waals surface area contributed by atoms with Crippen molar-refractivity contribution < 1.29 is 22.7 Å². The third-order valence-corrected chi connectivity index (χ3v) is 5.83. The fraction of sp³-hybridized carbons (Fsp3) is 0.263. The molecule has 0 aliphatic carbocycles. The van der Waals surface area contributed by atoms with Gasteiger partial charge in [-0.2, -0.15) is 0 Å². The van der Waals surface area contributed by atoms with Crippen molar-refractivity contribution in [3.8, 4) is 0 Å². The second-order valence-corrected chi connectivity index (χ2v) is 8.83. The highest BCUT2D eigenvalue weighted by Gasteiger charge is 2.21. The number of amides is 1. The van der Waals surface area contributed by atoms with Gasteiger partial charge in [0, 0.05) is 10.6 Å². The Hall–Kier alpha value is -2.52. The first-order valence-electron chi connectivity index (χ1n) is 8.26. The Kier molecular flexibility index (Phi) is 7.09. The molecule has 9 heteroatoms. The molecule has 0 unspecified atom stereocenters. The number of aryl methyl sites for hydroxylation is 1. The molecule has 0 radical (unpaired) electrons. The highest BCUT2D eigenvalue weighted by Crippen LogP contribution is 2.24. The SMILES string of the molecule is COC(=O)c1ccc(C)c(NC(=O)CN(c2cccc(SC)c2)S(C)(=O)=O)c1. The molecule has 0 atom stereocenters. The fourth-order valence-corrected chi connectivity index (χ4v) is 3.79. The quantitative estimate of drug-likeness (QED) is 0.545. The number of hydrogen-bond donors (Lipinski definition) is 1. The van der Waals surface area contributed by atoms with Gasteiger partial charge in [-0.3, -0.25) is 9.10 Å². The normalized spacial score (nSPS) is 11.0. The van der Waals surface area contributed by atoms with E-state index >= 15 is 0 Å². The summed E-state index contributed by atoms with van der Waals surface area (Å²) in [6.45, 7) is 1.38.